The minimum absolute atomic E-state index is 0.259. The summed E-state index contributed by atoms with van der Waals surface area (Å²) in [5, 5.41) is 20.5. The van der Waals surface area contributed by atoms with Crippen LogP contribution in [0.15, 0.2) is 24.3 Å². The molecule has 0 aliphatic heterocycles. The topological polar surface area (TPSA) is 45.4 Å². The summed E-state index contributed by atoms with van der Waals surface area (Å²) in [6.45, 7) is 5.94. The molecule has 2 rings (SSSR count). The van der Waals surface area contributed by atoms with Crippen molar-refractivity contribution in [2.24, 2.45) is 0 Å². The third kappa shape index (κ3) is 2.15. The molecule has 0 fully saturated rings. The second-order valence-corrected chi connectivity index (χ2v) is 4.87. The smallest absolute Gasteiger partial charge is 0.139 e. The monoisotopic (exact) mass is 233 g/mol. The molecule has 1 atom stereocenters. The van der Waals surface area contributed by atoms with Crippen molar-refractivity contribution < 1.29 is 10.2 Å². The van der Waals surface area contributed by atoms with E-state index in [-0.39, 0.29) is 12.1 Å². The number of hydrogen-bond donors (Lipinski definition) is 2. The average Bonchev–Trinajstić information content (AvgIpc) is 2.56. The molecule has 2 N–H and O–H groups in total. The highest BCUT2D eigenvalue weighted by molar-refractivity contribution is 5.86. The van der Waals surface area contributed by atoms with E-state index in [9.17, 15) is 10.2 Å². The lowest BCUT2D eigenvalue weighted by atomic mass is 10.2. The Morgan fingerprint density at radius 2 is 1.94 bits per heavy atom. The van der Waals surface area contributed by atoms with Crippen LogP contribution in [-0.2, 0) is 6.42 Å². The summed E-state index contributed by atoms with van der Waals surface area (Å²) >= 11 is 0. The second-order valence-electron chi connectivity index (χ2n) is 4.87. The number of phenolic OH excluding ortho intramolecular Hbond substituents is 1. The van der Waals surface area contributed by atoms with Crippen LogP contribution < -0.4 is 0 Å². The van der Waals surface area contributed by atoms with Gasteiger partial charge in [0.2, 0.25) is 0 Å². The fraction of sp³-hybridized carbons (Fsp3) is 0.429. The number of aromatic hydroxyl groups is 1. The fourth-order valence-corrected chi connectivity index (χ4v) is 2.37. The van der Waals surface area contributed by atoms with Gasteiger partial charge in [-0.05, 0) is 32.9 Å². The third-order valence-electron chi connectivity index (χ3n) is 2.94. The second kappa shape index (κ2) is 4.41. The van der Waals surface area contributed by atoms with Crippen molar-refractivity contribution in [3.8, 4) is 5.75 Å². The SMILES string of the molecule is CC(O)Cc1cc2cccc(O)c2n1C(C)C. The standard InChI is InChI=1S/C14H19NO2/c1-9(2)15-12(7-10(3)16)8-11-5-4-6-13(17)14(11)15/h4-6,8-10,16-17H,7H2,1-3H3. The molecule has 1 aromatic carbocycles. The molecule has 17 heavy (non-hydrogen) atoms. The molecule has 1 unspecified atom stereocenters. The molecule has 0 aliphatic carbocycles. The van der Waals surface area contributed by atoms with Crippen LogP contribution in [0, 0.1) is 0 Å². The number of benzene rings is 1. The normalized spacial score (nSPS) is 13.5. The summed E-state index contributed by atoms with van der Waals surface area (Å²) in [4.78, 5) is 0. The molecule has 0 saturated heterocycles. The van der Waals surface area contributed by atoms with Gasteiger partial charge >= 0.3 is 0 Å². The summed E-state index contributed by atoms with van der Waals surface area (Å²) in [7, 11) is 0. The van der Waals surface area contributed by atoms with E-state index in [0.717, 1.165) is 16.6 Å². The zero-order valence-corrected chi connectivity index (χ0v) is 10.5. The highest BCUT2D eigenvalue weighted by Gasteiger charge is 2.15. The molecule has 92 valence electrons. The molecule has 0 radical (unpaired) electrons. The number of nitrogens with zero attached hydrogens (tertiary/aromatic N) is 1. The summed E-state index contributed by atoms with van der Waals surface area (Å²) in [5.74, 6) is 0.299. The fourth-order valence-electron chi connectivity index (χ4n) is 2.37. The van der Waals surface area contributed by atoms with Crippen molar-refractivity contribution >= 4 is 10.9 Å². The lowest BCUT2D eigenvalue weighted by molar-refractivity contribution is 0.192. The number of rotatable bonds is 3. The van der Waals surface area contributed by atoms with Crippen molar-refractivity contribution in [3.05, 3.63) is 30.0 Å². The molecule has 1 aromatic heterocycles. The molecule has 0 saturated carbocycles. The Morgan fingerprint density at radius 1 is 1.24 bits per heavy atom. The molecule has 1 heterocycles. The Labute approximate surface area is 101 Å². The molecule has 0 amide bonds. The molecular weight excluding hydrogens is 214 g/mol. The number of phenols is 1. The first-order valence-corrected chi connectivity index (χ1v) is 6.00. The van der Waals surface area contributed by atoms with Crippen LogP contribution >= 0.6 is 0 Å². The van der Waals surface area contributed by atoms with Gasteiger partial charge in [-0.2, -0.15) is 0 Å². The van der Waals surface area contributed by atoms with Gasteiger partial charge < -0.3 is 14.8 Å². The maximum absolute atomic E-state index is 9.97. The van der Waals surface area contributed by atoms with Gasteiger partial charge in [0, 0.05) is 23.5 Å². The number of aromatic nitrogens is 1. The van der Waals surface area contributed by atoms with Gasteiger partial charge in [-0.1, -0.05) is 12.1 Å². The first-order chi connectivity index (χ1) is 8.00. The van der Waals surface area contributed by atoms with E-state index < -0.39 is 0 Å². The molecule has 0 bridgehead atoms. The molecule has 0 spiro atoms. The van der Waals surface area contributed by atoms with Crippen LogP contribution in [0.2, 0.25) is 0 Å². The Morgan fingerprint density at radius 3 is 2.53 bits per heavy atom. The Hall–Kier alpha value is -1.48. The Balaban J connectivity index is 2.67. The van der Waals surface area contributed by atoms with Crippen molar-refractivity contribution in [2.75, 3.05) is 0 Å². The van der Waals surface area contributed by atoms with Crippen LogP contribution in [0.25, 0.3) is 10.9 Å². The van der Waals surface area contributed by atoms with Crippen molar-refractivity contribution in [2.45, 2.75) is 39.3 Å². The molecule has 0 aliphatic rings. The van der Waals surface area contributed by atoms with E-state index in [1.165, 1.54) is 0 Å². The van der Waals surface area contributed by atoms with Gasteiger partial charge in [-0.15, -0.1) is 0 Å². The van der Waals surface area contributed by atoms with E-state index in [1.54, 1.807) is 13.0 Å². The molecular formula is C14H19NO2. The van der Waals surface area contributed by atoms with Gasteiger partial charge in [0.15, 0.2) is 0 Å². The summed E-state index contributed by atoms with van der Waals surface area (Å²) < 4.78 is 2.09. The third-order valence-corrected chi connectivity index (χ3v) is 2.94. The number of aliphatic hydroxyl groups is 1. The molecule has 3 heteroatoms. The predicted molar refractivity (Wildman–Crippen MR) is 69.4 cm³/mol. The molecule has 3 nitrogen and oxygen atoms in total. The zero-order chi connectivity index (χ0) is 12.6. The van der Waals surface area contributed by atoms with E-state index in [2.05, 4.69) is 18.4 Å². The van der Waals surface area contributed by atoms with Crippen LogP contribution in [0.3, 0.4) is 0 Å². The van der Waals surface area contributed by atoms with Crippen molar-refractivity contribution in [1.29, 1.82) is 0 Å². The summed E-state index contributed by atoms with van der Waals surface area (Å²) in [6, 6.07) is 7.83. The lowest BCUT2D eigenvalue weighted by Gasteiger charge is -2.16. The van der Waals surface area contributed by atoms with E-state index in [4.69, 9.17) is 0 Å². The van der Waals surface area contributed by atoms with Gasteiger partial charge in [-0.3, -0.25) is 0 Å². The largest absolute Gasteiger partial charge is 0.506 e. The van der Waals surface area contributed by atoms with Gasteiger partial charge in [0.1, 0.15) is 5.75 Å². The highest BCUT2D eigenvalue weighted by atomic mass is 16.3. The van der Waals surface area contributed by atoms with Crippen LogP contribution in [0.4, 0.5) is 0 Å². The quantitative estimate of drug-likeness (QED) is 0.856. The minimum Gasteiger partial charge on any atom is -0.506 e. The van der Waals surface area contributed by atoms with Gasteiger partial charge in [0.05, 0.1) is 11.6 Å². The van der Waals surface area contributed by atoms with E-state index in [0.29, 0.717) is 12.2 Å². The highest BCUT2D eigenvalue weighted by Crippen LogP contribution is 2.31. The molecule has 2 aromatic rings. The number of para-hydroxylation sites is 1. The van der Waals surface area contributed by atoms with Crippen molar-refractivity contribution in [3.63, 3.8) is 0 Å². The van der Waals surface area contributed by atoms with Crippen LogP contribution in [0.5, 0.6) is 5.75 Å². The number of fused-ring (bicyclic) bond motifs is 1. The predicted octanol–water partition coefficient (Wildman–Crippen LogP) is 2.85. The maximum Gasteiger partial charge on any atom is 0.139 e. The van der Waals surface area contributed by atoms with Crippen LogP contribution in [0.1, 0.15) is 32.5 Å². The van der Waals surface area contributed by atoms with E-state index >= 15 is 0 Å². The van der Waals surface area contributed by atoms with Crippen LogP contribution in [-0.4, -0.2) is 20.9 Å². The summed E-state index contributed by atoms with van der Waals surface area (Å²) in [5.41, 5.74) is 1.92. The Bertz CT molecular complexity index is 526. The van der Waals surface area contributed by atoms with E-state index in [1.807, 2.05) is 18.2 Å². The minimum atomic E-state index is -0.376. The first-order valence-electron chi connectivity index (χ1n) is 6.00. The van der Waals surface area contributed by atoms with Gasteiger partial charge in [-0.25, -0.2) is 0 Å². The number of hydrogen-bond acceptors (Lipinski definition) is 2. The lowest BCUT2D eigenvalue weighted by Crippen LogP contribution is -2.11. The Kier molecular flexibility index (Phi) is 3.11. The van der Waals surface area contributed by atoms with Gasteiger partial charge in [0.25, 0.3) is 0 Å². The zero-order valence-electron chi connectivity index (χ0n) is 10.5. The number of aliphatic hydroxyl groups excluding tert-OH is 1. The maximum atomic E-state index is 9.97. The first kappa shape index (κ1) is 12.0. The summed E-state index contributed by atoms with van der Waals surface area (Å²) in [6.07, 6.45) is 0.228. The average molecular weight is 233 g/mol. The van der Waals surface area contributed by atoms with Crippen molar-refractivity contribution in [1.82, 2.24) is 4.57 Å².